The van der Waals surface area contributed by atoms with Crippen molar-refractivity contribution in [1.82, 2.24) is 40.2 Å². The van der Waals surface area contributed by atoms with Crippen LogP contribution in [-0.2, 0) is 20.1 Å². The van der Waals surface area contributed by atoms with Crippen LogP contribution in [0.25, 0.3) is 11.5 Å². The van der Waals surface area contributed by atoms with Crippen molar-refractivity contribution in [1.29, 1.82) is 0 Å². The number of aryl methyl sites for hydroxylation is 1. The van der Waals surface area contributed by atoms with Crippen molar-refractivity contribution in [3.8, 4) is 11.5 Å². The minimum Gasteiger partial charge on any atom is -0.378 e. The van der Waals surface area contributed by atoms with Crippen molar-refractivity contribution in [3.63, 3.8) is 0 Å². The van der Waals surface area contributed by atoms with Crippen LogP contribution < -0.4 is 10.6 Å². The number of nitrogens with zero attached hydrogens (tertiary/aromatic N) is 7. The molecular weight excluding hydrogens is 406 g/mol. The van der Waals surface area contributed by atoms with Crippen LogP contribution in [0.15, 0.2) is 49.1 Å². The maximum absolute atomic E-state index is 12.6. The molecule has 0 bridgehead atoms. The minimum absolute atomic E-state index is 0.160. The summed E-state index contributed by atoms with van der Waals surface area (Å²) in [4.78, 5) is 20.8. The highest BCUT2D eigenvalue weighted by Crippen LogP contribution is 2.16. The summed E-state index contributed by atoms with van der Waals surface area (Å²) in [5, 5.41) is 22.7. The molecule has 32 heavy (non-hydrogen) atoms. The van der Waals surface area contributed by atoms with E-state index in [2.05, 4.69) is 41.0 Å². The molecule has 162 valence electrons. The third-order valence-corrected chi connectivity index (χ3v) is 5.24. The fraction of sp³-hybridized carbons (Fsp3) is 0.227. The van der Waals surface area contributed by atoms with Gasteiger partial charge in [-0.1, -0.05) is 6.07 Å². The fourth-order valence-electron chi connectivity index (χ4n) is 3.16. The number of rotatable bonds is 7. The minimum atomic E-state index is -0.160. The zero-order valence-corrected chi connectivity index (χ0v) is 18.1. The third-order valence-electron chi connectivity index (χ3n) is 5.24. The number of hydrogen-bond acceptors (Lipinski definition) is 8. The van der Waals surface area contributed by atoms with Gasteiger partial charge < -0.3 is 15.2 Å². The number of carbonyl (C=O) groups is 1. The Balaban J connectivity index is 1.40. The lowest BCUT2D eigenvalue weighted by Gasteiger charge is -2.10. The smallest absolute Gasteiger partial charge is 0.251 e. The van der Waals surface area contributed by atoms with Crippen LogP contribution in [-0.4, -0.2) is 40.8 Å². The van der Waals surface area contributed by atoms with Crippen molar-refractivity contribution in [2.45, 2.75) is 26.9 Å². The van der Waals surface area contributed by atoms with E-state index >= 15 is 0 Å². The van der Waals surface area contributed by atoms with E-state index in [-0.39, 0.29) is 5.91 Å². The molecule has 0 saturated heterocycles. The Morgan fingerprint density at radius 1 is 1.09 bits per heavy atom. The van der Waals surface area contributed by atoms with Crippen molar-refractivity contribution in [3.05, 3.63) is 77.3 Å². The van der Waals surface area contributed by atoms with Crippen LogP contribution >= 0.6 is 0 Å². The average Bonchev–Trinajstić information content (AvgIpc) is 3.19. The summed E-state index contributed by atoms with van der Waals surface area (Å²) >= 11 is 0. The molecule has 10 nitrogen and oxygen atoms in total. The highest BCUT2D eigenvalue weighted by atomic mass is 16.1. The van der Waals surface area contributed by atoms with Gasteiger partial charge in [0, 0.05) is 31.0 Å². The monoisotopic (exact) mass is 429 g/mol. The van der Waals surface area contributed by atoms with Crippen LogP contribution in [0, 0.1) is 13.8 Å². The Hall–Kier alpha value is -4.21. The predicted octanol–water partition coefficient (Wildman–Crippen LogP) is 2.22. The molecule has 0 atom stereocenters. The lowest BCUT2D eigenvalue weighted by Crippen LogP contribution is -2.23. The molecule has 0 aliphatic carbocycles. The SMILES string of the molecule is Cc1nncc(CNC(=O)c2cccc(NCc3nnc(-c4ccncn4)n3C)c2)c1C. The first-order chi connectivity index (χ1) is 15.5. The second kappa shape index (κ2) is 9.29. The van der Waals surface area contributed by atoms with Gasteiger partial charge in [-0.25, -0.2) is 9.97 Å². The van der Waals surface area contributed by atoms with Gasteiger partial charge in [0.05, 0.1) is 18.4 Å². The van der Waals surface area contributed by atoms with Gasteiger partial charge in [-0.2, -0.15) is 10.2 Å². The maximum atomic E-state index is 12.6. The first-order valence-electron chi connectivity index (χ1n) is 10.1. The molecule has 3 heterocycles. The van der Waals surface area contributed by atoms with Crippen molar-refractivity contribution in [2.75, 3.05) is 5.32 Å². The molecule has 4 aromatic rings. The molecule has 2 N–H and O–H groups in total. The molecule has 0 saturated carbocycles. The molecular formula is C22H23N9O. The number of benzene rings is 1. The van der Waals surface area contributed by atoms with Crippen LogP contribution in [0.2, 0.25) is 0 Å². The molecule has 10 heteroatoms. The molecule has 4 rings (SSSR count). The highest BCUT2D eigenvalue weighted by Gasteiger charge is 2.12. The topological polar surface area (TPSA) is 123 Å². The Labute approximate surface area is 185 Å². The third kappa shape index (κ3) is 4.59. The van der Waals surface area contributed by atoms with E-state index < -0.39 is 0 Å². The van der Waals surface area contributed by atoms with Crippen LogP contribution in [0.4, 0.5) is 5.69 Å². The fourth-order valence-corrected chi connectivity index (χ4v) is 3.16. The van der Waals surface area contributed by atoms with Crippen molar-refractivity contribution < 1.29 is 4.79 Å². The second-order valence-corrected chi connectivity index (χ2v) is 7.29. The number of carbonyl (C=O) groups excluding carboxylic acids is 1. The lowest BCUT2D eigenvalue weighted by molar-refractivity contribution is 0.0951. The Bertz CT molecular complexity index is 1240. The van der Waals surface area contributed by atoms with E-state index in [1.807, 2.05) is 37.6 Å². The Morgan fingerprint density at radius 2 is 1.97 bits per heavy atom. The van der Waals surface area contributed by atoms with Crippen molar-refractivity contribution >= 4 is 11.6 Å². The summed E-state index contributed by atoms with van der Waals surface area (Å²) < 4.78 is 1.87. The largest absolute Gasteiger partial charge is 0.378 e. The maximum Gasteiger partial charge on any atom is 0.251 e. The quantitative estimate of drug-likeness (QED) is 0.458. The first-order valence-corrected chi connectivity index (χ1v) is 10.1. The standard InChI is InChI=1S/C22H23N9O/c1-14-15(2)28-27-11-17(14)10-25-22(32)16-5-4-6-18(9-16)24-12-20-29-30-21(31(20)3)19-7-8-23-13-26-19/h4-9,11,13,24H,10,12H2,1-3H3,(H,25,32). The van der Waals surface area contributed by atoms with Crippen molar-refractivity contribution in [2.24, 2.45) is 7.05 Å². The van der Waals surface area contributed by atoms with E-state index in [9.17, 15) is 4.79 Å². The molecule has 0 spiro atoms. The highest BCUT2D eigenvalue weighted by molar-refractivity contribution is 5.95. The Morgan fingerprint density at radius 3 is 2.78 bits per heavy atom. The Kier molecular flexibility index (Phi) is 6.11. The van der Waals surface area contributed by atoms with E-state index in [0.717, 1.165) is 28.3 Å². The molecule has 0 aliphatic rings. The zero-order valence-electron chi connectivity index (χ0n) is 18.1. The molecule has 0 radical (unpaired) electrons. The van der Waals surface area contributed by atoms with Gasteiger partial charge in [-0.05, 0) is 49.2 Å². The van der Waals surface area contributed by atoms with Gasteiger partial charge in [0.15, 0.2) is 11.6 Å². The average molecular weight is 429 g/mol. The second-order valence-electron chi connectivity index (χ2n) is 7.29. The summed E-state index contributed by atoms with van der Waals surface area (Å²) in [6, 6.07) is 9.11. The zero-order chi connectivity index (χ0) is 22.5. The normalized spacial score (nSPS) is 10.7. The summed E-state index contributed by atoms with van der Waals surface area (Å²) in [6.45, 7) is 4.71. The summed E-state index contributed by atoms with van der Waals surface area (Å²) in [5.41, 5.74) is 4.90. The van der Waals surface area contributed by atoms with E-state index in [0.29, 0.717) is 30.2 Å². The van der Waals surface area contributed by atoms with E-state index in [4.69, 9.17) is 0 Å². The summed E-state index contributed by atoms with van der Waals surface area (Å²) in [6.07, 6.45) is 4.82. The number of aromatic nitrogens is 7. The number of nitrogens with one attached hydrogen (secondary N) is 2. The summed E-state index contributed by atoms with van der Waals surface area (Å²) in [5.74, 6) is 1.24. The van der Waals surface area contributed by atoms with Gasteiger partial charge in [0.1, 0.15) is 12.0 Å². The number of anilines is 1. The number of hydrogen-bond donors (Lipinski definition) is 2. The first kappa shape index (κ1) is 21.0. The van der Waals surface area contributed by atoms with E-state index in [1.165, 1.54) is 6.33 Å². The van der Waals surface area contributed by atoms with Crippen LogP contribution in [0.3, 0.4) is 0 Å². The molecule has 0 aliphatic heterocycles. The van der Waals surface area contributed by atoms with Gasteiger partial charge in [-0.3, -0.25) is 4.79 Å². The van der Waals surface area contributed by atoms with E-state index in [1.54, 1.807) is 30.6 Å². The van der Waals surface area contributed by atoms with Crippen LogP contribution in [0.1, 0.15) is 33.0 Å². The van der Waals surface area contributed by atoms with Gasteiger partial charge in [0.2, 0.25) is 0 Å². The molecule has 1 amide bonds. The van der Waals surface area contributed by atoms with Gasteiger partial charge in [-0.15, -0.1) is 10.2 Å². The number of amides is 1. The molecule has 1 aromatic carbocycles. The van der Waals surface area contributed by atoms with Gasteiger partial charge >= 0.3 is 0 Å². The summed E-state index contributed by atoms with van der Waals surface area (Å²) in [7, 11) is 1.88. The lowest BCUT2D eigenvalue weighted by atomic mass is 10.1. The molecule has 0 fully saturated rings. The molecule has 0 unspecified atom stereocenters. The van der Waals surface area contributed by atoms with Crippen LogP contribution in [0.5, 0.6) is 0 Å². The molecule has 3 aromatic heterocycles. The van der Waals surface area contributed by atoms with Gasteiger partial charge in [0.25, 0.3) is 5.91 Å². The predicted molar refractivity (Wildman–Crippen MR) is 118 cm³/mol.